The number of carbonyl (C=O) groups is 1. The summed E-state index contributed by atoms with van der Waals surface area (Å²) in [6, 6.07) is 13.9. The number of sulfonamides is 1. The SMILES string of the molecule is COc1cc2c(cc1OC)C(c1cccs1)N(S(=O)(=O)c1ccc(N3CCCC3=O)cc1)CC2. The molecule has 0 saturated carbocycles. The van der Waals surface area contributed by atoms with Gasteiger partial charge in [-0.25, -0.2) is 8.42 Å². The van der Waals surface area contributed by atoms with Crippen molar-refractivity contribution in [2.24, 2.45) is 0 Å². The van der Waals surface area contributed by atoms with Crippen LogP contribution in [-0.4, -0.2) is 45.9 Å². The minimum Gasteiger partial charge on any atom is -0.493 e. The summed E-state index contributed by atoms with van der Waals surface area (Å²) in [6.45, 7) is 1.01. The topological polar surface area (TPSA) is 76.2 Å². The molecule has 1 atom stereocenters. The van der Waals surface area contributed by atoms with E-state index in [9.17, 15) is 13.2 Å². The molecule has 5 rings (SSSR count). The van der Waals surface area contributed by atoms with Gasteiger partial charge in [0.05, 0.1) is 25.2 Å². The summed E-state index contributed by atoms with van der Waals surface area (Å²) < 4.78 is 40.3. The van der Waals surface area contributed by atoms with E-state index >= 15 is 0 Å². The number of rotatable bonds is 6. The molecule has 3 heterocycles. The van der Waals surface area contributed by atoms with E-state index in [1.54, 1.807) is 47.7 Å². The Labute approximate surface area is 203 Å². The van der Waals surface area contributed by atoms with E-state index in [4.69, 9.17) is 9.47 Å². The third-order valence-corrected chi connectivity index (χ3v) is 9.27. The molecule has 2 aromatic carbocycles. The molecule has 0 spiro atoms. The number of methoxy groups -OCH3 is 2. The molecule has 1 amide bonds. The zero-order chi connectivity index (χ0) is 23.9. The van der Waals surface area contributed by atoms with Gasteiger partial charge < -0.3 is 14.4 Å². The Bertz CT molecular complexity index is 1300. The molecule has 2 aliphatic heterocycles. The first-order valence-electron chi connectivity index (χ1n) is 11.1. The lowest BCUT2D eigenvalue weighted by molar-refractivity contribution is -0.117. The average Bonchev–Trinajstić information content (AvgIpc) is 3.54. The minimum absolute atomic E-state index is 0.0744. The Kier molecular flexibility index (Phi) is 6.09. The molecular formula is C25H26N2O5S2. The number of amides is 1. The molecule has 0 bridgehead atoms. The molecule has 9 heteroatoms. The molecule has 7 nitrogen and oxygen atoms in total. The van der Waals surface area contributed by atoms with Gasteiger partial charge in [0.1, 0.15) is 0 Å². The highest BCUT2D eigenvalue weighted by Crippen LogP contribution is 2.44. The van der Waals surface area contributed by atoms with Crippen LogP contribution >= 0.6 is 11.3 Å². The maximum absolute atomic E-state index is 13.9. The normalized spacial score (nSPS) is 18.7. The molecule has 2 aliphatic rings. The number of anilines is 1. The smallest absolute Gasteiger partial charge is 0.243 e. The first kappa shape index (κ1) is 22.9. The molecule has 1 fully saturated rings. The van der Waals surface area contributed by atoms with Crippen molar-refractivity contribution in [1.82, 2.24) is 4.31 Å². The van der Waals surface area contributed by atoms with Crippen LogP contribution in [0.4, 0.5) is 5.69 Å². The van der Waals surface area contributed by atoms with Crippen LogP contribution in [0.5, 0.6) is 11.5 Å². The molecule has 1 unspecified atom stereocenters. The second-order valence-corrected chi connectivity index (χ2v) is 11.2. The Hall–Kier alpha value is -2.88. The first-order valence-corrected chi connectivity index (χ1v) is 13.5. The highest BCUT2D eigenvalue weighted by molar-refractivity contribution is 7.89. The zero-order valence-corrected chi connectivity index (χ0v) is 20.7. The van der Waals surface area contributed by atoms with Crippen molar-refractivity contribution in [1.29, 1.82) is 0 Å². The number of thiophene rings is 1. The minimum atomic E-state index is -3.80. The summed E-state index contributed by atoms with van der Waals surface area (Å²) in [6.07, 6.45) is 1.92. The average molecular weight is 499 g/mol. The second-order valence-electron chi connectivity index (χ2n) is 8.33. The predicted octanol–water partition coefficient (Wildman–Crippen LogP) is 4.23. The lowest BCUT2D eigenvalue weighted by Gasteiger charge is -2.36. The molecule has 1 aromatic heterocycles. The van der Waals surface area contributed by atoms with Gasteiger partial charge in [-0.15, -0.1) is 11.3 Å². The monoisotopic (exact) mass is 498 g/mol. The van der Waals surface area contributed by atoms with Gasteiger partial charge in [0.25, 0.3) is 0 Å². The Morgan fingerprint density at radius 2 is 1.71 bits per heavy atom. The summed E-state index contributed by atoms with van der Waals surface area (Å²) in [5, 5.41) is 1.96. The maximum atomic E-state index is 13.9. The number of hydrogen-bond acceptors (Lipinski definition) is 6. The van der Waals surface area contributed by atoms with Crippen molar-refractivity contribution in [3.8, 4) is 11.5 Å². The van der Waals surface area contributed by atoms with Crippen molar-refractivity contribution < 1.29 is 22.7 Å². The number of nitrogens with zero attached hydrogens (tertiary/aromatic N) is 2. The largest absolute Gasteiger partial charge is 0.493 e. The van der Waals surface area contributed by atoms with Crippen molar-refractivity contribution in [3.63, 3.8) is 0 Å². The third kappa shape index (κ3) is 3.87. The Balaban J connectivity index is 1.55. The lowest BCUT2D eigenvalue weighted by atomic mass is 9.92. The van der Waals surface area contributed by atoms with Crippen LogP contribution in [0.3, 0.4) is 0 Å². The quantitative estimate of drug-likeness (QED) is 0.509. The van der Waals surface area contributed by atoms with Crippen LogP contribution in [0.25, 0.3) is 0 Å². The standard InChI is InChI=1S/C25H26N2O5S2/c1-31-21-15-17-11-13-27(25(23-5-4-14-33-23)20(17)16-22(21)32-2)34(29,30)19-9-7-18(8-10-19)26-12-3-6-24(26)28/h4-5,7-10,14-16,25H,3,6,11-13H2,1-2H3. The molecular weight excluding hydrogens is 472 g/mol. The first-order chi connectivity index (χ1) is 16.4. The van der Waals surface area contributed by atoms with Gasteiger partial charge in [-0.2, -0.15) is 4.31 Å². The van der Waals surface area contributed by atoms with Gasteiger partial charge in [-0.05, 0) is 71.8 Å². The molecule has 0 N–H and O–H groups in total. The second kappa shape index (κ2) is 9.05. The van der Waals surface area contributed by atoms with E-state index < -0.39 is 16.1 Å². The summed E-state index contributed by atoms with van der Waals surface area (Å²) in [7, 11) is -0.630. The zero-order valence-electron chi connectivity index (χ0n) is 19.1. The molecule has 0 aliphatic carbocycles. The van der Waals surface area contributed by atoms with Crippen LogP contribution in [-0.2, 0) is 21.2 Å². The Morgan fingerprint density at radius 1 is 0.971 bits per heavy atom. The van der Waals surface area contributed by atoms with E-state index in [1.807, 2.05) is 29.6 Å². The maximum Gasteiger partial charge on any atom is 0.243 e. The number of fused-ring (bicyclic) bond motifs is 1. The molecule has 34 heavy (non-hydrogen) atoms. The molecule has 1 saturated heterocycles. The van der Waals surface area contributed by atoms with Crippen molar-refractivity contribution in [3.05, 3.63) is 69.9 Å². The summed E-state index contributed by atoms with van der Waals surface area (Å²) in [5.41, 5.74) is 2.68. The summed E-state index contributed by atoms with van der Waals surface area (Å²) in [5.74, 6) is 1.28. The van der Waals surface area contributed by atoms with E-state index in [0.717, 1.165) is 28.1 Å². The fourth-order valence-corrected chi connectivity index (χ4v) is 7.29. The van der Waals surface area contributed by atoms with Gasteiger partial charge in [0, 0.05) is 30.1 Å². The van der Waals surface area contributed by atoms with Crippen LogP contribution in [0.1, 0.15) is 34.9 Å². The van der Waals surface area contributed by atoms with Gasteiger partial charge >= 0.3 is 0 Å². The van der Waals surface area contributed by atoms with E-state index in [0.29, 0.717) is 37.4 Å². The van der Waals surface area contributed by atoms with Crippen molar-refractivity contribution in [2.45, 2.75) is 30.2 Å². The van der Waals surface area contributed by atoms with Crippen molar-refractivity contribution >= 4 is 33.0 Å². The number of ether oxygens (including phenoxy) is 2. The van der Waals surface area contributed by atoms with Crippen LogP contribution < -0.4 is 14.4 Å². The predicted molar refractivity (Wildman–Crippen MR) is 131 cm³/mol. The lowest BCUT2D eigenvalue weighted by Crippen LogP contribution is -2.40. The van der Waals surface area contributed by atoms with Gasteiger partial charge in [0.15, 0.2) is 11.5 Å². The third-order valence-electron chi connectivity index (χ3n) is 6.47. The highest BCUT2D eigenvalue weighted by Gasteiger charge is 2.39. The van der Waals surface area contributed by atoms with Crippen LogP contribution in [0.2, 0.25) is 0 Å². The van der Waals surface area contributed by atoms with E-state index in [1.165, 1.54) is 11.3 Å². The molecule has 3 aromatic rings. The van der Waals surface area contributed by atoms with Gasteiger partial charge in [0.2, 0.25) is 15.9 Å². The summed E-state index contributed by atoms with van der Waals surface area (Å²) >= 11 is 1.53. The molecule has 0 radical (unpaired) electrons. The highest BCUT2D eigenvalue weighted by atomic mass is 32.2. The van der Waals surface area contributed by atoms with Crippen LogP contribution in [0.15, 0.2) is 58.8 Å². The fraction of sp³-hybridized carbons (Fsp3) is 0.320. The van der Waals surface area contributed by atoms with Crippen LogP contribution in [0, 0.1) is 0 Å². The van der Waals surface area contributed by atoms with E-state index in [-0.39, 0.29) is 10.8 Å². The summed E-state index contributed by atoms with van der Waals surface area (Å²) in [4.78, 5) is 14.9. The fourth-order valence-electron chi connectivity index (χ4n) is 4.78. The number of hydrogen-bond donors (Lipinski definition) is 0. The number of benzene rings is 2. The van der Waals surface area contributed by atoms with E-state index in [2.05, 4.69) is 0 Å². The molecule has 178 valence electrons. The van der Waals surface area contributed by atoms with Crippen molar-refractivity contribution in [2.75, 3.05) is 32.2 Å². The Morgan fingerprint density at radius 3 is 2.32 bits per heavy atom. The number of carbonyl (C=O) groups excluding carboxylic acids is 1. The van der Waals surface area contributed by atoms with Gasteiger partial charge in [-0.1, -0.05) is 6.07 Å². The van der Waals surface area contributed by atoms with Gasteiger partial charge in [-0.3, -0.25) is 4.79 Å².